The van der Waals surface area contributed by atoms with Crippen LogP contribution in [0.25, 0.3) is 11.9 Å². The Morgan fingerprint density at radius 3 is 2.30 bits per heavy atom. The highest BCUT2D eigenvalue weighted by Gasteiger charge is 2.10. The molecule has 0 radical (unpaired) electrons. The maximum atomic E-state index is 11.4. The Morgan fingerprint density at radius 1 is 1.11 bits per heavy atom. The Bertz CT molecular complexity index is 1360. The molecule has 0 bridgehead atoms. The van der Waals surface area contributed by atoms with E-state index in [2.05, 4.69) is 20.0 Å². The molecule has 0 aliphatic carbocycles. The lowest BCUT2D eigenvalue weighted by molar-refractivity contribution is 0.455. The number of hydrogen-bond acceptors (Lipinski definition) is 6. The van der Waals surface area contributed by atoms with Crippen LogP contribution < -0.4 is 26.2 Å². The van der Waals surface area contributed by atoms with Gasteiger partial charge < -0.3 is 5.11 Å². The highest BCUT2D eigenvalue weighted by molar-refractivity contribution is 7.10. The number of halogens is 2. The number of pyridine rings is 1. The average molecular weight is 419 g/mol. The minimum atomic E-state index is -0.320. The highest BCUT2D eigenvalue weighted by atomic mass is 35.5. The van der Waals surface area contributed by atoms with Crippen LogP contribution in [0.1, 0.15) is 16.1 Å². The number of nitrogens with one attached hydrogen (secondary N) is 1. The molecule has 4 rings (SSSR count). The molecule has 0 unspecified atom stereocenters. The van der Waals surface area contributed by atoms with Gasteiger partial charge in [0.05, 0.1) is 31.0 Å². The fraction of sp³-hybridized carbons (Fsp3) is 0.111. The van der Waals surface area contributed by atoms with Gasteiger partial charge in [-0.2, -0.15) is 0 Å². The van der Waals surface area contributed by atoms with Crippen molar-refractivity contribution >= 4 is 46.4 Å². The van der Waals surface area contributed by atoms with E-state index in [4.69, 9.17) is 23.2 Å². The van der Waals surface area contributed by atoms with Crippen molar-refractivity contribution in [3.63, 3.8) is 0 Å². The van der Waals surface area contributed by atoms with Crippen LogP contribution in [-0.4, -0.2) is 15.1 Å². The van der Waals surface area contributed by atoms with Gasteiger partial charge in [-0.15, -0.1) is 0 Å². The molecule has 2 aromatic heterocycles. The number of thiazole rings is 1. The third kappa shape index (κ3) is 3.29. The lowest BCUT2D eigenvalue weighted by Crippen LogP contribution is -2.22. The zero-order valence-electron chi connectivity index (χ0n) is 14.2. The van der Waals surface area contributed by atoms with Gasteiger partial charge in [-0.25, -0.2) is 9.98 Å². The first-order valence-electron chi connectivity index (χ1n) is 7.86. The highest BCUT2D eigenvalue weighted by Crippen LogP contribution is 2.18. The molecule has 136 valence electrons. The van der Waals surface area contributed by atoms with Gasteiger partial charge in [0.2, 0.25) is 5.88 Å². The van der Waals surface area contributed by atoms with Crippen LogP contribution in [-0.2, 0) is 0 Å². The lowest BCUT2D eigenvalue weighted by Gasteiger charge is -2.00. The Morgan fingerprint density at radius 2 is 1.74 bits per heavy atom. The molecule has 1 aliphatic heterocycles. The fourth-order valence-corrected chi connectivity index (χ4v) is 3.71. The van der Waals surface area contributed by atoms with Gasteiger partial charge in [-0.3, -0.25) is 14.8 Å². The van der Waals surface area contributed by atoms with Crippen molar-refractivity contribution in [3.05, 3.63) is 75.3 Å². The summed E-state index contributed by atoms with van der Waals surface area (Å²) < 4.78 is 0. The van der Waals surface area contributed by atoms with Gasteiger partial charge in [0.15, 0.2) is 5.82 Å². The van der Waals surface area contributed by atoms with Gasteiger partial charge in [0, 0.05) is 10.9 Å². The van der Waals surface area contributed by atoms with Crippen molar-refractivity contribution in [3.8, 4) is 5.88 Å². The zero-order valence-corrected chi connectivity index (χ0v) is 16.5. The molecular weight excluding hydrogens is 407 g/mol. The van der Waals surface area contributed by atoms with Crippen molar-refractivity contribution in [2.24, 2.45) is 9.98 Å². The van der Waals surface area contributed by atoms with Crippen LogP contribution in [0.4, 0.5) is 0 Å². The summed E-state index contributed by atoms with van der Waals surface area (Å²) in [6.45, 7) is 3.75. The summed E-state index contributed by atoms with van der Waals surface area (Å²) in [7, 11) is 0. The van der Waals surface area contributed by atoms with E-state index in [-0.39, 0.29) is 10.8 Å². The number of rotatable bonds is 1. The normalized spacial score (nSPS) is 13.5. The first-order valence-corrected chi connectivity index (χ1v) is 9.44. The predicted octanol–water partition coefficient (Wildman–Crippen LogP) is 1.31. The van der Waals surface area contributed by atoms with E-state index in [1.54, 1.807) is 18.2 Å². The largest absolute Gasteiger partial charge is 0.493 e. The molecule has 0 saturated heterocycles. The van der Waals surface area contributed by atoms with Gasteiger partial charge in [0.1, 0.15) is 0 Å². The number of aromatic nitrogens is 2. The van der Waals surface area contributed by atoms with Gasteiger partial charge >= 0.3 is 4.87 Å². The monoisotopic (exact) mass is 418 g/mol. The minimum Gasteiger partial charge on any atom is -0.493 e. The third-order valence-electron chi connectivity index (χ3n) is 4.08. The number of aromatic amines is 1. The molecule has 1 aromatic carbocycles. The van der Waals surface area contributed by atoms with Crippen molar-refractivity contribution in [2.45, 2.75) is 13.8 Å². The summed E-state index contributed by atoms with van der Waals surface area (Å²) in [4.78, 5) is 27.5. The van der Waals surface area contributed by atoms with E-state index < -0.39 is 0 Å². The molecule has 6 nitrogen and oxygen atoms in total. The maximum absolute atomic E-state index is 11.4. The number of aromatic hydroxyl groups is 1. The quantitative estimate of drug-likeness (QED) is 0.623. The minimum absolute atomic E-state index is 0.160. The Hall–Kier alpha value is -2.48. The topological polar surface area (TPSA) is 90.7 Å². The molecule has 0 amide bonds. The predicted molar refractivity (Wildman–Crippen MR) is 105 cm³/mol. The second-order valence-electron chi connectivity index (χ2n) is 6.00. The Labute approximate surface area is 166 Å². The van der Waals surface area contributed by atoms with Crippen molar-refractivity contribution in [1.29, 1.82) is 0 Å². The standard InChI is InChI=1S/C18H12Cl2N4O2S/c1-7-3-9(16-22-13-4-10(19)11(20)5-14(13)23-16)8(2)21-12(7)6-15-17(25)24-18(26)27-15/h3-6,25H,1-2H3,(H,24,26)/b12-6-. The SMILES string of the molecule is Cc1n/c(=C\c2sc(=O)[nH]c2O)c(C)cc1=C1N=c2cc(Cl)c(Cl)cc2=N1. The molecule has 9 heteroatoms. The van der Waals surface area contributed by atoms with Crippen LogP contribution in [0.3, 0.4) is 0 Å². The molecule has 2 N–H and O–H groups in total. The first kappa shape index (κ1) is 17.9. The third-order valence-corrected chi connectivity index (χ3v) is 5.62. The summed E-state index contributed by atoms with van der Waals surface area (Å²) in [5.41, 5.74) is 1.59. The van der Waals surface area contributed by atoms with E-state index >= 15 is 0 Å². The van der Waals surface area contributed by atoms with Crippen molar-refractivity contribution in [2.75, 3.05) is 0 Å². The molecule has 27 heavy (non-hydrogen) atoms. The molecule has 1 aliphatic rings. The van der Waals surface area contributed by atoms with E-state index in [1.807, 2.05) is 19.9 Å². The molecule has 0 fully saturated rings. The Balaban J connectivity index is 1.93. The molecule has 0 atom stereocenters. The number of fused-ring (bicyclic) bond motifs is 1. The molecular formula is C18H12Cl2N4O2S. The van der Waals surface area contributed by atoms with Crippen LogP contribution >= 0.6 is 34.5 Å². The maximum Gasteiger partial charge on any atom is 0.307 e. The second kappa shape index (κ2) is 6.60. The fourth-order valence-electron chi connectivity index (χ4n) is 2.73. The molecule has 3 heterocycles. The van der Waals surface area contributed by atoms with Gasteiger partial charge in [-0.05, 0) is 43.7 Å². The van der Waals surface area contributed by atoms with Crippen LogP contribution in [0.5, 0.6) is 5.88 Å². The van der Waals surface area contributed by atoms with Crippen molar-refractivity contribution in [1.82, 2.24) is 9.97 Å². The van der Waals surface area contributed by atoms with Crippen LogP contribution in [0, 0.1) is 13.8 Å². The van der Waals surface area contributed by atoms with E-state index in [1.165, 1.54) is 0 Å². The summed E-state index contributed by atoms with van der Waals surface area (Å²) in [5, 5.41) is 13.4. The summed E-state index contributed by atoms with van der Waals surface area (Å²) in [6.07, 6.45) is 1.67. The number of hydrogen-bond donors (Lipinski definition) is 2. The van der Waals surface area contributed by atoms with Gasteiger partial charge in [-0.1, -0.05) is 34.5 Å². The molecule has 0 spiro atoms. The summed E-state index contributed by atoms with van der Waals surface area (Å²) in [6, 6.07) is 5.30. The summed E-state index contributed by atoms with van der Waals surface area (Å²) >= 11 is 13.0. The molecule has 0 saturated carbocycles. The van der Waals surface area contributed by atoms with E-state index in [9.17, 15) is 9.90 Å². The first-order chi connectivity index (χ1) is 12.8. The van der Waals surface area contributed by atoms with E-state index in [0.29, 0.717) is 36.8 Å². The van der Waals surface area contributed by atoms with Crippen LogP contribution in [0.15, 0.2) is 33.0 Å². The number of H-pyrrole nitrogens is 1. The zero-order chi connectivity index (χ0) is 19.3. The number of benzene rings is 1. The van der Waals surface area contributed by atoms with Crippen LogP contribution in [0.2, 0.25) is 10.0 Å². The molecule has 3 aromatic rings. The average Bonchev–Trinajstić information content (AvgIpc) is 3.13. The summed E-state index contributed by atoms with van der Waals surface area (Å²) in [5.74, 6) is 0.379. The Kier molecular flexibility index (Phi) is 4.38. The lowest BCUT2D eigenvalue weighted by atomic mass is 10.2. The van der Waals surface area contributed by atoms with E-state index in [0.717, 1.165) is 27.8 Å². The second-order valence-corrected chi connectivity index (χ2v) is 7.83. The number of nitrogens with zero attached hydrogens (tertiary/aromatic N) is 3. The number of aryl methyl sites for hydroxylation is 2. The smallest absolute Gasteiger partial charge is 0.307 e. The van der Waals surface area contributed by atoms with Gasteiger partial charge in [0.25, 0.3) is 0 Å². The van der Waals surface area contributed by atoms with Crippen molar-refractivity contribution < 1.29 is 5.11 Å².